The van der Waals surface area contributed by atoms with Gasteiger partial charge in [0.25, 0.3) is 11.6 Å². The van der Waals surface area contributed by atoms with Crippen molar-refractivity contribution in [2.75, 3.05) is 27.2 Å². The molecule has 0 radical (unpaired) electrons. The van der Waals surface area contributed by atoms with Gasteiger partial charge in [0.05, 0.1) is 4.92 Å². The Hall–Kier alpha value is -1.95. The Morgan fingerprint density at radius 2 is 2.17 bits per heavy atom. The molecule has 0 unspecified atom stereocenters. The van der Waals surface area contributed by atoms with Gasteiger partial charge in [0.2, 0.25) is 0 Å². The number of benzene rings is 1. The first-order valence-corrected chi connectivity index (χ1v) is 5.63. The van der Waals surface area contributed by atoms with Crippen LogP contribution in [0.5, 0.6) is 0 Å². The molecule has 0 aromatic heterocycles. The molecular formula is C12H17N3O3. The topological polar surface area (TPSA) is 75.5 Å². The van der Waals surface area contributed by atoms with Crippen LogP contribution in [0.2, 0.25) is 0 Å². The van der Waals surface area contributed by atoms with Crippen molar-refractivity contribution in [1.29, 1.82) is 0 Å². The third-order valence-corrected chi connectivity index (χ3v) is 2.69. The van der Waals surface area contributed by atoms with Crippen molar-refractivity contribution in [2.24, 2.45) is 0 Å². The van der Waals surface area contributed by atoms with E-state index in [9.17, 15) is 14.9 Å². The first-order chi connectivity index (χ1) is 8.49. The van der Waals surface area contributed by atoms with Crippen LogP contribution in [0.15, 0.2) is 18.2 Å². The van der Waals surface area contributed by atoms with Crippen LogP contribution in [-0.4, -0.2) is 42.9 Å². The summed E-state index contributed by atoms with van der Waals surface area (Å²) in [6.45, 7) is 2.77. The lowest BCUT2D eigenvalue weighted by Gasteiger charge is -2.17. The molecule has 0 fully saturated rings. The molecule has 0 aliphatic heterocycles. The van der Waals surface area contributed by atoms with E-state index in [1.165, 1.54) is 11.0 Å². The van der Waals surface area contributed by atoms with Crippen molar-refractivity contribution in [2.45, 2.75) is 6.92 Å². The summed E-state index contributed by atoms with van der Waals surface area (Å²) in [6.07, 6.45) is 0. The third-order valence-electron chi connectivity index (χ3n) is 2.69. The minimum absolute atomic E-state index is 0.112. The number of nitro groups is 1. The Labute approximate surface area is 106 Å². The van der Waals surface area contributed by atoms with E-state index < -0.39 is 4.92 Å². The van der Waals surface area contributed by atoms with E-state index in [2.05, 4.69) is 5.32 Å². The van der Waals surface area contributed by atoms with Gasteiger partial charge in [-0.25, -0.2) is 0 Å². The smallest absolute Gasteiger partial charge is 0.285 e. The molecule has 98 valence electrons. The molecule has 6 nitrogen and oxygen atoms in total. The number of carbonyl (C=O) groups is 1. The van der Waals surface area contributed by atoms with E-state index in [0.29, 0.717) is 18.7 Å². The van der Waals surface area contributed by atoms with Crippen LogP contribution in [0.25, 0.3) is 0 Å². The number of likely N-dealkylation sites (N-methyl/N-ethyl adjacent to an activating group) is 2. The number of aryl methyl sites for hydroxylation is 1. The Morgan fingerprint density at radius 1 is 1.50 bits per heavy atom. The second kappa shape index (κ2) is 6.11. The fourth-order valence-electron chi connectivity index (χ4n) is 1.66. The van der Waals surface area contributed by atoms with Crippen LogP contribution in [-0.2, 0) is 0 Å². The fourth-order valence-corrected chi connectivity index (χ4v) is 1.66. The van der Waals surface area contributed by atoms with Crippen molar-refractivity contribution >= 4 is 11.6 Å². The maximum absolute atomic E-state index is 12.1. The van der Waals surface area contributed by atoms with Gasteiger partial charge in [-0.05, 0) is 20.0 Å². The van der Waals surface area contributed by atoms with E-state index in [1.807, 2.05) is 0 Å². The molecule has 1 aromatic carbocycles. The highest BCUT2D eigenvalue weighted by Gasteiger charge is 2.24. The van der Waals surface area contributed by atoms with Gasteiger partial charge in [-0.2, -0.15) is 0 Å². The predicted octanol–water partition coefficient (Wildman–Crippen LogP) is 1.19. The van der Waals surface area contributed by atoms with Crippen LogP contribution in [0.4, 0.5) is 5.69 Å². The third kappa shape index (κ3) is 3.04. The molecule has 18 heavy (non-hydrogen) atoms. The summed E-state index contributed by atoms with van der Waals surface area (Å²) in [5.74, 6) is -0.333. The Kier molecular flexibility index (Phi) is 4.79. The van der Waals surface area contributed by atoms with Gasteiger partial charge in [0, 0.05) is 25.7 Å². The van der Waals surface area contributed by atoms with E-state index >= 15 is 0 Å². The molecule has 1 rings (SSSR count). The highest BCUT2D eigenvalue weighted by molar-refractivity contribution is 5.98. The summed E-state index contributed by atoms with van der Waals surface area (Å²) in [6, 6.07) is 4.77. The van der Waals surface area contributed by atoms with Crippen molar-refractivity contribution in [3.63, 3.8) is 0 Å². The highest BCUT2D eigenvalue weighted by atomic mass is 16.6. The molecule has 0 atom stereocenters. The van der Waals surface area contributed by atoms with Gasteiger partial charge >= 0.3 is 0 Å². The van der Waals surface area contributed by atoms with Crippen molar-refractivity contribution in [1.82, 2.24) is 10.2 Å². The van der Waals surface area contributed by atoms with Crippen LogP contribution < -0.4 is 5.32 Å². The summed E-state index contributed by atoms with van der Waals surface area (Å²) < 4.78 is 0. The number of para-hydroxylation sites is 1. The molecule has 0 saturated carbocycles. The lowest BCUT2D eigenvalue weighted by molar-refractivity contribution is -0.385. The maximum atomic E-state index is 12.1. The lowest BCUT2D eigenvalue weighted by Crippen LogP contribution is -2.33. The minimum Gasteiger partial charge on any atom is -0.340 e. The minimum atomic E-state index is -0.505. The molecule has 1 aromatic rings. The number of carbonyl (C=O) groups excluding carboxylic acids is 1. The molecule has 6 heteroatoms. The molecule has 1 amide bonds. The number of rotatable bonds is 5. The number of hydrogen-bond donors (Lipinski definition) is 1. The van der Waals surface area contributed by atoms with E-state index in [1.54, 1.807) is 33.2 Å². The first kappa shape index (κ1) is 14.1. The van der Waals surface area contributed by atoms with Crippen LogP contribution >= 0.6 is 0 Å². The predicted molar refractivity (Wildman–Crippen MR) is 68.7 cm³/mol. The summed E-state index contributed by atoms with van der Waals surface area (Å²) >= 11 is 0. The largest absolute Gasteiger partial charge is 0.340 e. The summed E-state index contributed by atoms with van der Waals surface area (Å²) in [7, 11) is 3.42. The number of nitro benzene ring substituents is 1. The highest BCUT2D eigenvalue weighted by Crippen LogP contribution is 2.23. The average Bonchev–Trinajstić information content (AvgIpc) is 2.34. The normalized spacial score (nSPS) is 10.2. The van der Waals surface area contributed by atoms with E-state index in [4.69, 9.17) is 0 Å². The van der Waals surface area contributed by atoms with Gasteiger partial charge in [-0.3, -0.25) is 14.9 Å². The Bertz CT molecular complexity index is 460. The Morgan fingerprint density at radius 3 is 2.72 bits per heavy atom. The monoisotopic (exact) mass is 251 g/mol. The van der Waals surface area contributed by atoms with Gasteiger partial charge < -0.3 is 10.2 Å². The molecule has 0 spiro atoms. The molecule has 0 aliphatic rings. The summed E-state index contributed by atoms with van der Waals surface area (Å²) in [4.78, 5) is 24.1. The fraction of sp³-hybridized carbons (Fsp3) is 0.417. The molecule has 0 aliphatic carbocycles. The second-order valence-electron chi connectivity index (χ2n) is 4.06. The van der Waals surface area contributed by atoms with Crippen LogP contribution in [0.3, 0.4) is 0 Å². The second-order valence-corrected chi connectivity index (χ2v) is 4.06. The lowest BCUT2D eigenvalue weighted by atomic mass is 10.1. The molecule has 0 bridgehead atoms. The summed E-state index contributed by atoms with van der Waals surface area (Å²) in [5, 5.41) is 13.9. The summed E-state index contributed by atoms with van der Waals surface area (Å²) in [5.41, 5.74) is 0.519. The Balaban J connectivity index is 3.05. The van der Waals surface area contributed by atoms with Gasteiger partial charge in [0.15, 0.2) is 0 Å². The number of amides is 1. The quantitative estimate of drug-likeness (QED) is 0.630. The van der Waals surface area contributed by atoms with Crippen LogP contribution in [0.1, 0.15) is 15.9 Å². The van der Waals surface area contributed by atoms with Crippen molar-refractivity contribution in [3.8, 4) is 0 Å². The number of nitrogens with zero attached hydrogens (tertiary/aromatic N) is 2. The molecular weight excluding hydrogens is 234 g/mol. The van der Waals surface area contributed by atoms with E-state index in [-0.39, 0.29) is 17.2 Å². The molecule has 1 N–H and O–H groups in total. The number of nitrogens with one attached hydrogen (secondary N) is 1. The standard InChI is InChI=1S/C12H17N3O3/c1-9-5-4-6-10(11(9)15(17)18)12(16)14(3)8-7-13-2/h4-6,13H,7-8H2,1-3H3. The molecule has 0 heterocycles. The zero-order chi connectivity index (χ0) is 13.7. The van der Waals surface area contributed by atoms with Crippen molar-refractivity contribution in [3.05, 3.63) is 39.4 Å². The SMILES string of the molecule is CNCCN(C)C(=O)c1cccc(C)c1[N+](=O)[O-]. The first-order valence-electron chi connectivity index (χ1n) is 5.63. The zero-order valence-electron chi connectivity index (χ0n) is 10.8. The van der Waals surface area contributed by atoms with Crippen molar-refractivity contribution < 1.29 is 9.72 Å². The zero-order valence-corrected chi connectivity index (χ0v) is 10.8. The van der Waals surface area contributed by atoms with E-state index in [0.717, 1.165) is 0 Å². The van der Waals surface area contributed by atoms with Crippen LogP contribution in [0, 0.1) is 17.0 Å². The number of hydrogen-bond acceptors (Lipinski definition) is 4. The molecule has 0 saturated heterocycles. The van der Waals surface area contributed by atoms with Gasteiger partial charge in [-0.1, -0.05) is 12.1 Å². The van der Waals surface area contributed by atoms with Gasteiger partial charge in [-0.15, -0.1) is 0 Å². The average molecular weight is 251 g/mol. The van der Waals surface area contributed by atoms with Gasteiger partial charge in [0.1, 0.15) is 5.56 Å². The maximum Gasteiger partial charge on any atom is 0.285 e.